The second-order valence-corrected chi connectivity index (χ2v) is 10.6. The summed E-state index contributed by atoms with van der Waals surface area (Å²) in [4.78, 5) is 64.8. The molecular formula is C28H39N5O6. The van der Waals surface area contributed by atoms with Gasteiger partial charge in [-0.15, -0.1) is 0 Å². The quantitative estimate of drug-likeness (QED) is 0.338. The number of esters is 1. The molecular weight excluding hydrogens is 502 g/mol. The highest BCUT2D eigenvalue weighted by Gasteiger charge is 2.43. The molecule has 0 unspecified atom stereocenters. The topological polar surface area (TPSA) is 146 Å². The number of benzene rings is 1. The van der Waals surface area contributed by atoms with Gasteiger partial charge in [0.15, 0.2) is 0 Å². The van der Waals surface area contributed by atoms with Gasteiger partial charge in [0, 0.05) is 24.6 Å². The second kappa shape index (κ2) is 13.1. The Morgan fingerprint density at radius 2 is 1.85 bits per heavy atom. The zero-order valence-corrected chi connectivity index (χ0v) is 22.7. The van der Waals surface area contributed by atoms with Gasteiger partial charge in [-0.3, -0.25) is 24.0 Å². The summed E-state index contributed by atoms with van der Waals surface area (Å²) >= 11 is 0. The number of fused-ring (bicyclic) bond motifs is 1. The lowest BCUT2D eigenvalue weighted by Gasteiger charge is -2.35. The molecule has 11 heteroatoms. The molecule has 0 aromatic heterocycles. The summed E-state index contributed by atoms with van der Waals surface area (Å²) in [5, 5.41) is 11.5. The van der Waals surface area contributed by atoms with Crippen molar-refractivity contribution in [3.8, 4) is 0 Å². The van der Waals surface area contributed by atoms with Crippen molar-refractivity contribution in [1.29, 1.82) is 0 Å². The highest BCUT2D eigenvalue weighted by Crippen LogP contribution is 2.31. The van der Waals surface area contributed by atoms with Crippen molar-refractivity contribution in [2.45, 2.75) is 95.1 Å². The van der Waals surface area contributed by atoms with Gasteiger partial charge >= 0.3 is 5.97 Å². The molecule has 212 valence electrons. The number of ether oxygens (including phenoxy) is 1. The first-order valence-electron chi connectivity index (χ1n) is 13.9. The Morgan fingerprint density at radius 1 is 1.05 bits per heavy atom. The van der Waals surface area contributed by atoms with Crippen LogP contribution in [0.15, 0.2) is 24.3 Å². The molecule has 0 spiro atoms. The molecule has 3 aliphatic rings. The van der Waals surface area contributed by atoms with Gasteiger partial charge in [-0.2, -0.15) is 0 Å². The van der Waals surface area contributed by atoms with E-state index in [4.69, 9.17) is 4.74 Å². The minimum absolute atomic E-state index is 0.0131. The van der Waals surface area contributed by atoms with Crippen LogP contribution in [0.4, 0.5) is 0 Å². The second-order valence-electron chi connectivity index (χ2n) is 10.6. The summed E-state index contributed by atoms with van der Waals surface area (Å²) < 4.78 is 5.13. The average molecular weight is 542 g/mol. The van der Waals surface area contributed by atoms with Crippen LogP contribution in [0.5, 0.6) is 0 Å². The van der Waals surface area contributed by atoms with Crippen LogP contribution in [0, 0.1) is 0 Å². The predicted molar refractivity (Wildman–Crippen MR) is 142 cm³/mol. The number of carbonyl (C=O) groups excluding carboxylic acids is 5. The number of hydrogen-bond acceptors (Lipinski definition) is 7. The minimum Gasteiger partial charge on any atom is -0.460 e. The van der Waals surface area contributed by atoms with E-state index in [1.807, 2.05) is 6.07 Å². The van der Waals surface area contributed by atoms with Crippen molar-refractivity contribution < 1.29 is 28.7 Å². The van der Waals surface area contributed by atoms with Crippen LogP contribution in [0.1, 0.15) is 74.2 Å². The monoisotopic (exact) mass is 541 g/mol. The lowest BCUT2D eigenvalue weighted by atomic mass is 9.98. The van der Waals surface area contributed by atoms with E-state index in [1.54, 1.807) is 37.1 Å². The molecule has 39 heavy (non-hydrogen) atoms. The maximum atomic E-state index is 13.5. The van der Waals surface area contributed by atoms with E-state index in [0.717, 1.165) is 31.2 Å². The maximum absolute atomic E-state index is 13.5. The Morgan fingerprint density at radius 3 is 2.59 bits per heavy atom. The van der Waals surface area contributed by atoms with Crippen LogP contribution in [-0.4, -0.2) is 78.4 Å². The highest BCUT2D eigenvalue weighted by molar-refractivity contribution is 5.95. The molecule has 0 saturated carbocycles. The number of likely N-dealkylation sites (N-methyl/N-ethyl adjacent to an activating group) is 1. The van der Waals surface area contributed by atoms with Crippen LogP contribution >= 0.6 is 0 Å². The van der Waals surface area contributed by atoms with Gasteiger partial charge in [0.1, 0.15) is 18.2 Å². The minimum atomic E-state index is -0.646. The molecule has 1 aromatic rings. The molecule has 3 heterocycles. The molecule has 4 amide bonds. The van der Waals surface area contributed by atoms with Crippen LogP contribution in [0.25, 0.3) is 0 Å². The average Bonchev–Trinajstić information content (AvgIpc) is 3.55. The van der Waals surface area contributed by atoms with Crippen molar-refractivity contribution >= 4 is 29.6 Å². The lowest BCUT2D eigenvalue weighted by molar-refractivity contribution is -0.144. The first-order chi connectivity index (χ1) is 18.8. The van der Waals surface area contributed by atoms with E-state index in [9.17, 15) is 24.0 Å². The standard InChI is InChI=1S/C28H39N5O6/c1-17(29-2)25(35)32-22-9-4-3-8-20-10-12-23(33(20)28(22)38)27(37)30-15-18-6-5-7-19(14-18)26(36)31-16-21-11-13-24(34)39-21/h5-7,14,17,20-23,29H,3-4,8-13,15-16H2,1-2H3,(H,30,37)(H,31,36)(H,32,35)/t17-,20-,21+,22-,23-/m0/s1. The van der Waals surface area contributed by atoms with Crippen molar-refractivity contribution in [2.24, 2.45) is 0 Å². The van der Waals surface area contributed by atoms with Crippen molar-refractivity contribution in [1.82, 2.24) is 26.2 Å². The van der Waals surface area contributed by atoms with Crippen LogP contribution < -0.4 is 21.3 Å². The number of cyclic esters (lactones) is 1. The lowest BCUT2D eigenvalue weighted by Crippen LogP contribution is -2.57. The molecule has 0 aliphatic carbocycles. The smallest absolute Gasteiger partial charge is 0.306 e. The van der Waals surface area contributed by atoms with Gasteiger partial charge in [-0.25, -0.2) is 0 Å². The third-order valence-corrected chi connectivity index (χ3v) is 7.90. The normalized spacial score (nSPS) is 25.6. The van der Waals surface area contributed by atoms with Crippen molar-refractivity contribution in [3.63, 3.8) is 0 Å². The number of carbonyl (C=O) groups is 5. The summed E-state index contributed by atoms with van der Waals surface area (Å²) in [6.45, 7) is 2.21. The van der Waals surface area contributed by atoms with E-state index in [0.29, 0.717) is 31.2 Å². The summed E-state index contributed by atoms with van der Waals surface area (Å²) in [5.74, 6) is -1.20. The Labute approximate surface area is 228 Å². The van der Waals surface area contributed by atoms with Crippen LogP contribution in [-0.2, 0) is 30.5 Å². The third-order valence-electron chi connectivity index (χ3n) is 7.90. The van der Waals surface area contributed by atoms with E-state index < -0.39 is 18.1 Å². The third kappa shape index (κ3) is 7.14. The molecule has 3 aliphatic heterocycles. The van der Waals surface area contributed by atoms with Gasteiger partial charge in [-0.05, 0) is 63.8 Å². The molecule has 0 radical (unpaired) electrons. The Balaban J connectivity index is 1.35. The zero-order chi connectivity index (χ0) is 27.9. The summed E-state index contributed by atoms with van der Waals surface area (Å²) in [5.41, 5.74) is 1.20. The number of amides is 4. The fraction of sp³-hybridized carbons (Fsp3) is 0.607. The van der Waals surface area contributed by atoms with E-state index in [2.05, 4.69) is 21.3 Å². The number of hydrogen-bond donors (Lipinski definition) is 4. The molecule has 5 atom stereocenters. The highest BCUT2D eigenvalue weighted by atomic mass is 16.5. The number of nitrogens with zero attached hydrogens (tertiary/aromatic N) is 1. The van der Waals surface area contributed by atoms with Gasteiger partial charge in [0.05, 0.1) is 12.6 Å². The molecule has 11 nitrogen and oxygen atoms in total. The van der Waals surface area contributed by atoms with E-state index >= 15 is 0 Å². The van der Waals surface area contributed by atoms with Gasteiger partial charge in [0.2, 0.25) is 17.7 Å². The van der Waals surface area contributed by atoms with E-state index in [-0.39, 0.29) is 54.8 Å². The van der Waals surface area contributed by atoms with Gasteiger partial charge < -0.3 is 30.9 Å². The summed E-state index contributed by atoms with van der Waals surface area (Å²) in [6.07, 6.45) is 5.17. The van der Waals surface area contributed by atoms with Crippen LogP contribution in [0.2, 0.25) is 0 Å². The number of nitrogens with one attached hydrogen (secondary N) is 4. The first-order valence-corrected chi connectivity index (χ1v) is 13.9. The van der Waals surface area contributed by atoms with E-state index in [1.165, 1.54) is 0 Å². The zero-order valence-electron chi connectivity index (χ0n) is 22.7. The molecule has 0 bridgehead atoms. The largest absolute Gasteiger partial charge is 0.460 e. The Bertz CT molecular complexity index is 1090. The van der Waals surface area contributed by atoms with Crippen molar-refractivity contribution in [3.05, 3.63) is 35.4 Å². The van der Waals surface area contributed by atoms with Crippen molar-refractivity contribution in [2.75, 3.05) is 13.6 Å². The SMILES string of the molecule is CN[C@@H](C)C(=O)N[C@H]1CCCC[C@H]2CC[C@@H](C(=O)NCc3cccc(C(=O)NC[C@H]4CCC(=O)O4)c3)N2C1=O. The fourth-order valence-corrected chi connectivity index (χ4v) is 5.52. The Hall–Kier alpha value is -3.47. The summed E-state index contributed by atoms with van der Waals surface area (Å²) in [7, 11) is 1.69. The molecule has 3 fully saturated rings. The van der Waals surface area contributed by atoms with Gasteiger partial charge in [0.25, 0.3) is 5.91 Å². The molecule has 3 saturated heterocycles. The Kier molecular flexibility index (Phi) is 9.55. The fourth-order valence-electron chi connectivity index (χ4n) is 5.52. The molecule has 4 N–H and O–H groups in total. The van der Waals surface area contributed by atoms with Gasteiger partial charge in [-0.1, -0.05) is 25.0 Å². The summed E-state index contributed by atoms with van der Waals surface area (Å²) in [6, 6.07) is 5.29. The first kappa shape index (κ1) is 28.5. The molecule has 4 rings (SSSR count). The maximum Gasteiger partial charge on any atom is 0.306 e. The number of rotatable bonds is 9. The predicted octanol–water partition coefficient (Wildman–Crippen LogP) is 0.765. The molecule has 1 aromatic carbocycles. The van der Waals surface area contributed by atoms with Crippen LogP contribution in [0.3, 0.4) is 0 Å².